The molecule has 0 fully saturated rings. The van der Waals surface area contributed by atoms with Crippen LogP contribution in [0.15, 0.2) is 23.8 Å². The summed E-state index contributed by atoms with van der Waals surface area (Å²) in [6.45, 7) is 12.3. The van der Waals surface area contributed by atoms with Gasteiger partial charge in [0.15, 0.2) is 11.5 Å². The monoisotopic (exact) mass is 291 g/mol. The van der Waals surface area contributed by atoms with E-state index < -0.39 is 0 Å². The third-order valence-corrected chi connectivity index (χ3v) is 3.30. The molecule has 0 amide bonds. The molecule has 3 heteroatoms. The van der Waals surface area contributed by atoms with Gasteiger partial charge in [0.05, 0.1) is 13.7 Å². The molecule has 0 aliphatic heterocycles. The summed E-state index contributed by atoms with van der Waals surface area (Å²) >= 11 is 0. The fraction of sp³-hybridized carbons (Fsp3) is 0.556. The van der Waals surface area contributed by atoms with Gasteiger partial charge in [0.1, 0.15) is 0 Å². The minimum Gasteiger partial charge on any atom is -0.493 e. The SMILES string of the molecule is CCOc1ccc(C=C(CNC(C)C)C(C)C)cc1OC. The molecule has 3 nitrogen and oxygen atoms in total. The zero-order valence-corrected chi connectivity index (χ0v) is 14.2. The third kappa shape index (κ3) is 5.80. The predicted octanol–water partition coefficient (Wildman–Crippen LogP) is 4.13. The molecule has 0 bridgehead atoms. The van der Waals surface area contributed by atoms with E-state index in [9.17, 15) is 0 Å². The molecule has 0 unspecified atom stereocenters. The lowest BCUT2D eigenvalue weighted by atomic mass is 9.99. The fourth-order valence-electron chi connectivity index (χ4n) is 2.01. The third-order valence-electron chi connectivity index (χ3n) is 3.30. The molecular weight excluding hydrogens is 262 g/mol. The lowest BCUT2D eigenvalue weighted by Crippen LogP contribution is -2.26. The van der Waals surface area contributed by atoms with Gasteiger partial charge in [-0.1, -0.05) is 45.4 Å². The van der Waals surface area contributed by atoms with E-state index in [2.05, 4.69) is 45.2 Å². The van der Waals surface area contributed by atoms with E-state index in [1.54, 1.807) is 7.11 Å². The van der Waals surface area contributed by atoms with Crippen molar-refractivity contribution in [3.8, 4) is 11.5 Å². The van der Waals surface area contributed by atoms with Crippen LogP contribution in [0.3, 0.4) is 0 Å². The maximum Gasteiger partial charge on any atom is 0.161 e. The Morgan fingerprint density at radius 1 is 1.19 bits per heavy atom. The largest absolute Gasteiger partial charge is 0.493 e. The standard InChI is InChI=1S/C18H29NO2/c1-7-21-17-9-8-15(11-18(17)20-6)10-16(13(2)3)12-19-14(4)5/h8-11,13-14,19H,7,12H2,1-6H3. The molecule has 118 valence electrons. The first-order valence-electron chi connectivity index (χ1n) is 7.72. The zero-order valence-electron chi connectivity index (χ0n) is 14.2. The Kier molecular flexibility index (Phi) is 7.30. The minimum atomic E-state index is 0.488. The number of ether oxygens (including phenoxy) is 2. The predicted molar refractivity (Wildman–Crippen MR) is 90.1 cm³/mol. The molecule has 0 aromatic heterocycles. The Morgan fingerprint density at radius 3 is 2.43 bits per heavy atom. The van der Waals surface area contributed by atoms with Gasteiger partial charge in [-0.05, 0) is 30.5 Å². The average Bonchev–Trinajstić information content (AvgIpc) is 2.44. The second-order valence-corrected chi connectivity index (χ2v) is 5.75. The molecule has 0 aliphatic carbocycles. The summed E-state index contributed by atoms with van der Waals surface area (Å²) in [5, 5.41) is 3.48. The van der Waals surface area contributed by atoms with Crippen molar-refractivity contribution < 1.29 is 9.47 Å². The highest BCUT2D eigenvalue weighted by atomic mass is 16.5. The average molecular weight is 291 g/mol. The van der Waals surface area contributed by atoms with Crippen molar-refractivity contribution in [3.63, 3.8) is 0 Å². The Balaban J connectivity index is 2.98. The van der Waals surface area contributed by atoms with Crippen LogP contribution in [-0.4, -0.2) is 26.3 Å². The lowest BCUT2D eigenvalue weighted by Gasteiger charge is -2.16. The van der Waals surface area contributed by atoms with Gasteiger partial charge in [-0.2, -0.15) is 0 Å². The molecular formula is C18H29NO2. The molecule has 1 aromatic carbocycles. The minimum absolute atomic E-state index is 0.488. The second-order valence-electron chi connectivity index (χ2n) is 5.75. The molecule has 1 N–H and O–H groups in total. The molecule has 21 heavy (non-hydrogen) atoms. The summed E-state index contributed by atoms with van der Waals surface area (Å²) in [4.78, 5) is 0. The van der Waals surface area contributed by atoms with Crippen LogP contribution in [0.4, 0.5) is 0 Å². The Hall–Kier alpha value is -1.48. The van der Waals surface area contributed by atoms with Crippen molar-refractivity contribution in [1.29, 1.82) is 0 Å². The Bertz CT molecular complexity index is 464. The van der Waals surface area contributed by atoms with Gasteiger partial charge in [-0.3, -0.25) is 0 Å². The smallest absolute Gasteiger partial charge is 0.161 e. The summed E-state index contributed by atoms with van der Waals surface area (Å²) in [6.07, 6.45) is 2.23. The summed E-state index contributed by atoms with van der Waals surface area (Å²) in [5.41, 5.74) is 2.53. The number of rotatable bonds is 8. The van der Waals surface area contributed by atoms with E-state index in [1.807, 2.05) is 19.1 Å². The number of benzene rings is 1. The maximum absolute atomic E-state index is 5.56. The van der Waals surface area contributed by atoms with Crippen LogP contribution in [0.25, 0.3) is 6.08 Å². The summed E-state index contributed by atoms with van der Waals surface area (Å²) in [7, 11) is 1.68. The second kappa shape index (κ2) is 8.73. The van der Waals surface area contributed by atoms with E-state index >= 15 is 0 Å². The van der Waals surface area contributed by atoms with Crippen LogP contribution in [0.5, 0.6) is 11.5 Å². The van der Waals surface area contributed by atoms with Crippen LogP contribution >= 0.6 is 0 Å². The van der Waals surface area contributed by atoms with Crippen LogP contribution in [0.2, 0.25) is 0 Å². The number of nitrogens with one attached hydrogen (secondary N) is 1. The molecule has 0 spiro atoms. The summed E-state index contributed by atoms with van der Waals surface area (Å²) in [5.74, 6) is 2.09. The van der Waals surface area contributed by atoms with E-state index in [0.29, 0.717) is 18.6 Å². The molecule has 0 heterocycles. The van der Waals surface area contributed by atoms with Crippen LogP contribution < -0.4 is 14.8 Å². The molecule has 0 radical (unpaired) electrons. The van der Waals surface area contributed by atoms with Gasteiger partial charge in [-0.15, -0.1) is 0 Å². The van der Waals surface area contributed by atoms with E-state index in [0.717, 1.165) is 23.6 Å². The quantitative estimate of drug-likeness (QED) is 0.781. The fourth-order valence-corrected chi connectivity index (χ4v) is 2.01. The van der Waals surface area contributed by atoms with Crippen molar-refractivity contribution in [1.82, 2.24) is 5.32 Å². The van der Waals surface area contributed by atoms with Gasteiger partial charge >= 0.3 is 0 Å². The molecule has 0 saturated heterocycles. The van der Waals surface area contributed by atoms with Crippen molar-refractivity contribution in [2.75, 3.05) is 20.3 Å². The normalized spacial score (nSPS) is 12.1. The van der Waals surface area contributed by atoms with Crippen molar-refractivity contribution in [2.45, 2.75) is 40.7 Å². The Morgan fingerprint density at radius 2 is 1.90 bits per heavy atom. The first-order chi connectivity index (χ1) is 9.97. The van der Waals surface area contributed by atoms with Gasteiger partial charge in [0, 0.05) is 12.6 Å². The van der Waals surface area contributed by atoms with Crippen molar-refractivity contribution in [2.24, 2.45) is 5.92 Å². The lowest BCUT2D eigenvalue weighted by molar-refractivity contribution is 0.311. The van der Waals surface area contributed by atoms with Gasteiger partial charge in [0.25, 0.3) is 0 Å². The number of methoxy groups -OCH3 is 1. The molecule has 0 aliphatic rings. The molecule has 1 aromatic rings. The first-order valence-corrected chi connectivity index (χ1v) is 7.72. The van der Waals surface area contributed by atoms with Crippen LogP contribution in [0.1, 0.15) is 40.2 Å². The highest BCUT2D eigenvalue weighted by Crippen LogP contribution is 2.29. The number of hydrogen-bond acceptors (Lipinski definition) is 3. The van der Waals surface area contributed by atoms with E-state index in [-0.39, 0.29) is 0 Å². The van der Waals surface area contributed by atoms with Crippen LogP contribution in [-0.2, 0) is 0 Å². The van der Waals surface area contributed by atoms with E-state index in [1.165, 1.54) is 5.57 Å². The van der Waals surface area contributed by atoms with E-state index in [4.69, 9.17) is 9.47 Å². The highest BCUT2D eigenvalue weighted by Gasteiger charge is 2.07. The topological polar surface area (TPSA) is 30.5 Å². The highest BCUT2D eigenvalue weighted by molar-refractivity contribution is 5.58. The molecule has 0 atom stereocenters. The molecule has 1 rings (SSSR count). The van der Waals surface area contributed by atoms with Gasteiger partial charge in [-0.25, -0.2) is 0 Å². The summed E-state index contributed by atoms with van der Waals surface area (Å²) in [6, 6.07) is 6.57. The Labute approximate surface area is 129 Å². The van der Waals surface area contributed by atoms with Crippen molar-refractivity contribution >= 4 is 6.08 Å². The molecule has 0 saturated carbocycles. The first kappa shape index (κ1) is 17.6. The summed E-state index contributed by atoms with van der Waals surface area (Å²) < 4.78 is 11.0. The number of hydrogen-bond donors (Lipinski definition) is 1. The van der Waals surface area contributed by atoms with Gasteiger partial charge < -0.3 is 14.8 Å². The van der Waals surface area contributed by atoms with Crippen LogP contribution in [0, 0.1) is 5.92 Å². The van der Waals surface area contributed by atoms with Gasteiger partial charge in [0.2, 0.25) is 0 Å². The zero-order chi connectivity index (χ0) is 15.8. The van der Waals surface area contributed by atoms with Crippen molar-refractivity contribution in [3.05, 3.63) is 29.3 Å². The maximum atomic E-state index is 5.56.